The van der Waals surface area contributed by atoms with Gasteiger partial charge in [0.15, 0.2) is 0 Å². The number of nitrogens with zero attached hydrogens (tertiary/aromatic N) is 2. The number of hydrogen-bond donors (Lipinski definition) is 1. The number of amides is 1. The maximum atomic E-state index is 12.6. The number of piperidine rings is 1. The Balaban J connectivity index is 2.12. The van der Waals surface area contributed by atoms with Gasteiger partial charge in [0.2, 0.25) is 0 Å². The molecule has 0 aliphatic carbocycles. The number of thioether (sulfide) groups is 1. The van der Waals surface area contributed by atoms with Crippen LogP contribution in [0.15, 0.2) is 23.1 Å². The molecule has 1 aliphatic rings. The molecule has 1 fully saturated rings. The summed E-state index contributed by atoms with van der Waals surface area (Å²) in [5.74, 6) is 1.24. The van der Waals surface area contributed by atoms with E-state index in [-0.39, 0.29) is 17.6 Å². The SMILES string of the molecule is CC(C)CCSc1ccc(C(=O)N2CCC(N)CC2)cc1[N+](=O)[O-]. The van der Waals surface area contributed by atoms with E-state index in [0.717, 1.165) is 25.0 Å². The standard InChI is InChI=1S/C17H25N3O3S/c1-12(2)7-10-24-16-4-3-13(11-15(16)20(22)23)17(21)19-8-5-14(18)6-9-19/h3-4,11-12,14H,5-10,18H2,1-2H3. The van der Waals surface area contributed by atoms with E-state index in [1.165, 1.54) is 17.8 Å². The van der Waals surface area contributed by atoms with Crippen molar-refractivity contribution in [1.82, 2.24) is 4.90 Å². The second kappa shape index (κ2) is 8.48. The average molecular weight is 351 g/mol. The van der Waals surface area contributed by atoms with Crippen molar-refractivity contribution in [2.75, 3.05) is 18.8 Å². The van der Waals surface area contributed by atoms with Crippen molar-refractivity contribution >= 4 is 23.4 Å². The highest BCUT2D eigenvalue weighted by Crippen LogP contribution is 2.31. The first-order valence-electron chi connectivity index (χ1n) is 8.34. The zero-order chi connectivity index (χ0) is 17.7. The first-order chi connectivity index (χ1) is 11.4. The molecule has 0 saturated carbocycles. The van der Waals surface area contributed by atoms with Gasteiger partial charge in [-0.15, -0.1) is 11.8 Å². The Morgan fingerprint density at radius 1 is 1.42 bits per heavy atom. The molecule has 7 heteroatoms. The first-order valence-corrected chi connectivity index (χ1v) is 9.33. The van der Waals surface area contributed by atoms with Crippen LogP contribution in [0.2, 0.25) is 0 Å². The quantitative estimate of drug-likeness (QED) is 0.482. The Morgan fingerprint density at radius 3 is 2.67 bits per heavy atom. The predicted molar refractivity (Wildman–Crippen MR) is 96.4 cm³/mol. The predicted octanol–water partition coefficient (Wildman–Crippen LogP) is 3.30. The fraction of sp³-hybridized carbons (Fsp3) is 0.588. The molecule has 0 radical (unpaired) electrons. The summed E-state index contributed by atoms with van der Waals surface area (Å²) in [6, 6.07) is 4.95. The molecule has 2 rings (SSSR count). The van der Waals surface area contributed by atoms with Crippen molar-refractivity contribution in [2.24, 2.45) is 11.7 Å². The van der Waals surface area contributed by atoms with Crippen LogP contribution < -0.4 is 5.73 Å². The molecule has 1 heterocycles. The van der Waals surface area contributed by atoms with Gasteiger partial charge in [0.1, 0.15) is 0 Å². The Kier molecular flexibility index (Phi) is 6.62. The average Bonchev–Trinajstić information content (AvgIpc) is 2.54. The second-order valence-corrected chi connectivity index (χ2v) is 7.74. The summed E-state index contributed by atoms with van der Waals surface area (Å²) in [5.41, 5.74) is 6.25. The molecule has 6 nitrogen and oxygen atoms in total. The van der Waals surface area contributed by atoms with Crippen molar-refractivity contribution in [3.63, 3.8) is 0 Å². The molecule has 0 unspecified atom stereocenters. The molecule has 2 N–H and O–H groups in total. The Morgan fingerprint density at radius 2 is 2.08 bits per heavy atom. The van der Waals surface area contributed by atoms with Gasteiger partial charge in [-0.3, -0.25) is 14.9 Å². The van der Waals surface area contributed by atoms with Crippen LogP contribution in [0.5, 0.6) is 0 Å². The molecular weight excluding hydrogens is 326 g/mol. The van der Waals surface area contributed by atoms with Gasteiger partial charge in [-0.25, -0.2) is 0 Å². The molecule has 0 aromatic heterocycles. The molecule has 1 amide bonds. The van der Waals surface area contributed by atoms with Crippen LogP contribution in [-0.4, -0.2) is 40.6 Å². The molecule has 1 aliphatic heterocycles. The lowest BCUT2D eigenvalue weighted by atomic mass is 10.0. The van der Waals surface area contributed by atoms with Crippen molar-refractivity contribution in [3.05, 3.63) is 33.9 Å². The number of hydrogen-bond acceptors (Lipinski definition) is 5. The smallest absolute Gasteiger partial charge is 0.283 e. The van der Waals surface area contributed by atoms with Gasteiger partial charge in [-0.1, -0.05) is 13.8 Å². The minimum absolute atomic E-state index is 0.0170. The molecule has 1 aromatic carbocycles. The number of nitro benzene ring substituents is 1. The second-order valence-electron chi connectivity index (χ2n) is 6.60. The summed E-state index contributed by atoms with van der Waals surface area (Å²) in [5, 5.41) is 11.4. The normalized spacial score (nSPS) is 15.8. The summed E-state index contributed by atoms with van der Waals surface area (Å²) in [6.07, 6.45) is 2.55. The topological polar surface area (TPSA) is 89.5 Å². The molecule has 1 saturated heterocycles. The third kappa shape index (κ3) is 4.95. The zero-order valence-electron chi connectivity index (χ0n) is 14.2. The summed E-state index contributed by atoms with van der Waals surface area (Å²) in [4.78, 5) is 25.9. The van der Waals surface area contributed by atoms with E-state index in [4.69, 9.17) is 5.73 Å². The third-order valence-corrected chi connectivity index (χ3v) is 5.28. The van der Waals surface area contributed by atoms with E-state index in [9.17, 15) is 14.9 Å². The molecule has 24 heavy (non-hydrogen) atoms. The van der Waals surface area contributed by atoms with E-state index in [0.29, 0.717) is 29.5 Å². The Labute approximate surface area is 146 Å². The monoisotopic (exact) mass is 351 g/mol. The van der Waals surface area contributed by atoms with E-state index >= 15 is 0 Å². The van der Waals surface area contributed by atoms with E-state index in [1.54, 1.807) is 17.0 Å². The van der Waals surface area contributed by atoms with Gasteiger partial charge < -0.3 is 10.6 Å². The molecule has 1 aromatic rings. The number of carbonyl (C=O) groups is 1. The number of benzene rings is 1. The van der Waals surface area contributed by atoms with Crippen molar-refractivity contribution < 1.29 is 9.72 Å². The van der Waals surface area contributed by atoms with Gasteiger partial charge in [-0.05, 0) is 43.1 Å². The Hall–Kier alpha value is -1.60. The maximum absolute atomic E-state index is 12.6. The zero-order valence-corrected chi connectivity index (χ0v) is 15.1. The fourth-order valence-corrected chi connectivity index (χ4v) is 3.86. The maximum Gasteiger partial charge on any atom is 0.283 e. The minimum Gasteiger partial charge on any atom is -0.339 e. The summed E-state index contributed by atoms with van der Waals surface area (Å²) < 4.78 is 0. The van der Waals surface area contributed by atoms with Gasteiger partial charge in [0.05, 0.1) is 9.82 Å². The van der Waals surface area contributed by atoms with Crippen LogP contribution >= 0.6 is 11.8 Å². The van der Waals surface area contributed by atoms with Crippen LogP contribution in [0, 0.1) is 16.0 Å². The highest BCUT2D eigenvalue weighted by Gasteiger charge is 2.24. The first kappa shape index (κ1) is 18.7. The molecule has 0 bridgehead atoms. The van der Waals surface area contributed by atoms with Gasteiger partial charge in [-0.2, -0.15) is 0 Å². The number of carbonyl (C=O) groups excluding carboxylic acids is 1. The summed E-state index contributed by atoms with van der Waals surface area (Å²) in [6.45, 7) is 5.47. The van der Waals surface area contributed by atoms with Gasteiger partial charge in [0.25, 0.3) is 11.6 Å². The number of nitrogens with two attached hydrogens (primary N) is 1. The largest absolute Gasteiger partial charge is 0.339 e. The van der Waals surface area contributed by atoms with Crippen LogP contribution in [0.25, 0.3) is 0 Å². The van der Waals surface area contributed by atoms with Crippen LogP contribution in [0.1, 0.15) is 43.5 Å². The molecule has 132 valence electrons. The molecule has 0 atom stereocenters. The number of likely N-dealkylation sites (tertiary alicyclic amines) is 1. The highest BCUT2D eigenvalue weighted by atomic mass is 32.2. The van der Waals surface area contributed by atoms with Crippen LogP contribution in [0.3, 0.4) is 0 Å². The van der Waals surface area contributed by atoms with Crippen molar-refractivity contribution in [1.29, 1.82) is 0 Å². The van der Waals surface area contributed by atoms with Gasteiger partial charge >= 0.3 is 0 Å². The van der Waals surface area contributed by atoms with E-state index in [1.807, 2.05) is 0 Å². The number of rotatable bonds is 6. The minimum atomic E-state index is -0.402. The third-order valence-electron chi connectivity index (χ3n) is 4.18. The van der Waals surface area contributed by atoms with Crippen LogP contribution in [-0.2, 0) is 0 Å². The summed E-state index contributed by atoms with van der Waals surface area (Å²) in [7, 11) is 0. The molecule has 0 spiro atoms. The van der Waals surface area contributed by atoms with Gasteiger partial charge in [0, 0.05) is 30.8 Å². The van der Waals surface area contributed by atoms with Crippen LogP contribution in [0.4, 0.5) is 5.69 Å². The molecular formula is C17H25N3O3S. The fourth-order valence-electron chi connectivity index (χ4n) is 2.60. The van der Waals surface area contributed by atoms with Crippen molar-refractivity contribution in [2.45, 2.75) is 44.0 Å². The van der Waals surface area contributed by atoms with E-state index in [2.05, 4.69) is 13.8 Å². The lowest BCUT2D eigenvalue weighted by Gasteiger charge is -2.30. The van der Waals surface area contributed by atoms with Crippen molar-refractivity contribution in [3.8, 4) is 0 Å². The highest BCUT2D eigenvalue weighted by molar-refractivity contribution is 7.99. The lowest BCUT2D eigenvalue weighted by Crippen LogP contribution is -2.42. The van der Waals surface area contributed by atoms with E-state index < -0.39 is 4.92 Å². The number of nitro groups is 1. The lowest BCUT2D eigenvalue weighted by molar-refractivity contribution is -0.387. The Bertz CT molecular complexity index is 599. The summed E-state index contributed by atoms with van der Waals surface area (Å²) >= 11 is 1.48.